The van der Waals surface area contributed by atoms with Crippen LogP contribution in [0.15, 0.2) is 41.9 Å². The molecule has 1 saturated carbocycles. The molecule has 1 aromatic carbocycles. The van der Waals surface area contributed by atoms with Gasteiger partial charge in [0.25, 0.3) is 5.56 Å². The van der Waals surface area contributed by atoms with Gasteiger partial charge in [-0.15, -0.1) is 5.73 Å². The lowest BCUT2D eigenvalue weighted by atomic mass is 9.75. The summed E-state index contributed by atoms with van der Waals surface area (Å²) < 4.78 is 2.24. The summed E-state index contributed by atoms with van der Waals surface area (Å²) in [5.41, 5.74) is 9.25. The Kier molecular flexibility index (Phi) is 6.01. The van der Waals surface area contributed by atoms with E-state index in [1.807, 2.05) is 0 Å². The molecule has 1 aliphatic carbocycles. The van der Waals surface area contributed by atoms with Crippen LogP contribution < -0.4 is 5.56 Å². The number of rotatable bonds is 5. The van der Waals surface area contributed by atoms with E-state index in [4.69, 9.17) is 0 Å². The summed E-state index contributed by atoms with van der Waals surface area (Å²) in [5, 5.41) is 0. The molecule has 1 fully saturated rings. The number of hydrogen-bond acceptors (Lipinski definition) is 3. The van der Waals surface area contributed by atoms with Gasteiger partial charge < -0.3 is 9.47 Å². The molecule has 4 nitrogen and oxygen atoms in total. The van der Waals surface area contributed by atoms with Crippen LogP contribution in [-0.4, -0.2) is 27.0 Å². The maximum absolute atomic E-state index is 13.1. The van der Waals surface area contributed by atoms with Crippen molar-refractivity contribution in [1.29, 1.82) is 0 Å². The highest BCUT2D eigenvalue weighted by atomic mass is 16.1. The third-order valence-electron chi connectivity index (χ3n) is 7.26. The van der Waals surface area contributed by atoms with Gasteiger partial charge >= 0.3 is 0 Å². The molecule has 0 saturated heterocycles. The van der Waals surface area contributed by atoms with Crippen molar-refractivity contribution in [3.05, 3.63) is 81.2 Å². The summed E-state index contributed by atoms with van der Waals surface area (Å²) in [6.07, 6.45) is 7.11. The first kappa shape index (κ1) is 22.4. The average Bonchev–Trinajstić information content (AvgIpc) is 3.22. The fourth-order valence-electron chi connectivity index (χ4n) is 5.79. The molecule has 0 radical (unpaired) electrons. The molecule has 0 amide bonds. The Morgan fingerprint density at radius 2 is 1.81 bits per heavy atom. The van der Waals surface area contributed by atoms with Crippen molar-refractivity contribution in [2.24, 2.45) is 0 Å². The fraction of sp³-hybridized carbons (Fsp3) is 0.464. The van der Waals surface area contributed by atoms with Crippen LogP contribution in [0.2, 0.25) is 0 Å². The lowest BCUT2D eigenvalue weighted by Crippen LogP contribution is -2.41. The molecule has 1 aliphatic heterocycles. The van der Waals surface area contributed by atoms with Crippen LogP contribution in [0.5, 0.6) is 0 Å². The van der Waals surface area contributed by atoms with E-state index in [1.54, 1.807) is 6.08 Å². The Labute approximate surface area is 192 Å². The number of benzene rings is 1. The Morgan fingerprint density at radius 3 is 2.38 bits per heavy atom. The van der Waals surface area contributed by atoms with Crippen LogP contribution >= 0.6 is 0 Å². The number of aromatic nitrogens is 2. The van der Waals surface area contributed by atoms with Crippen molar-refractivity contribution in [3.63, 3.8) is 0 Å². The Hall–Kier alpha value is -2.84. The monoisotopic (exact) mass is 429 g/mol. The van der Waals surface area contributed by atoms with Crippen LogP contribution in [0.25, 0.3) is 11.8 Å². The molecule has 2 heterocycles. The maximum atomic E-state index is 13.1. The SMILES string of the molecule is C=C=C1c2c(C=C)c(=O)nc(CC3(c4cc(C)cc(C)c4)CCCC3)n2CCN1C(C)C. The molecule has 168 valence electrons. The number of hydrogen-bond donors (Lipinski definition) is 0. The molecule has 0 bridgehead atoms. The van der Waals surface area contributed by atoms with Gasteiger partial charge in [0.1, 0.15) is 11.5 Å². The molecule has 2 aromatic rings. The molecule has 0 unspecified atom stereocenters. The highest BCUT2D eigenvalue weighted by Crippen LogP contribution is 2.44. The summed E-state index contributed by atoms with van der Waals surface area (Å²) in [4.78, 5) is 20.0. The molecular weight excluding hydrogens is 394 g/mol. The van der Waals surface area contributed by atoms with Crippen LogP contribution in [0.1, 0.15) is 73.3 Å². The van der Waals surface area contributed by atoms with Crippen LogP contribution in [0, 0.1) is 13.8 Å². The van der Waals surface area contributed by atoms with Gasteiger partial charge in [-0.3, -0.25) is 4.79 Å². The number of aryl methyl sites for hydroxylation is 2. The van der Waals surface area contributed by atoms with E-state index in [2.05, 4.69) is 79.2 Å². The molecular formula is C28H35N3O. The molecule has 32 heavy (non-hydrogen) atoms. The van der Waals surface area contributed by atoms with E-state index in [9.17, 15) is 4.79 Å². The first-order valence-corrected chi connectivity index (χ1v) is 11.8. The summed E-state index contributed by atoms with van der Waals surface area (Å²) in [7, 11) is 0. The molecule has 2 aliphatic rings. The minimum absolute atomic E-state index is 0.0277. The highest BCUT2D eigenvalue weighted by molar-refractivity contribution is 5.70. The molecule has 0 N–H and O–H groups in total. The second-order valence-electron chi connectivity index (χ2n) is 9.80. The van der Waals surface area contributed by atoms with E-state index < -0.39 is 0 Å². The van der Waals surface area contributed by atoms with Gasteiger partial charge in [-0.2, -0.15) is 4.98 Å². The summed E-state index contributed by atoms with van der Waals surface area (Å²) in [5.74, 6) is 0.882. The zero-order valence-corrected chi connectivity index (χ0v) is 20.0. The topological polar surface area (TPSA) is 38.1 Å². The van der Waals surface area contributed by atoms with Gasteiger partial charge in [0.15, 0.2) is 0 Å². The van der Waals surface area contributed by atoms with E-state index in [0.717, 1.165) is 49.6 Å². The van der Waals surface area contributed by atoms with Gasteiger partial charge in [0.2, 0.25) is 0 Å². The maximum Gasteiger partial charge on any atom is 0.280 e. The highest BCUT2D eigenvalue weighted by Gasteiger charge is 2.38. The minimum Gasteiger partial charge on any atom is -0.359 e. The third kappa shape index (κ3) is 3.78. The summed E-state index contributed by atoms with van der Waals surface area (Å²) in [6.45, 7) is 18.2. The lowest BCUT2D eigenvalue weighted by Gasteiger charge is -2.39. The first-order chi connectivity index (χ1) is 15.3. The number of fused-ring (bicyclic) bond motifs is 1. The minimum atomic E-state index is -0.201. The fourth-order valence-corrected chi connectivity index (χ4v) is 5.79. The lowest BCUT2D eigenvalue weighted by molar-refractivity contribution is 0.287. The van der Waals surface area contributed by atoms with E-state index in [-0.39, 0.29) is 11.0 Å². The predicted octanol–water partition coefficient (Wildman–Crippen LogP) is 5.41. The Morgan fingerprint density at radius 1 is 1.16 bits per heavy atom. The zero-order valence-electron chi connectivity index (χ0n) is 20.0. The van der Waals surface area contributed by atoms with Gasteiger partial charge in [-0.25, -0.2) is 0 Å². The predicted molar refractivity (Wildman–Crippen MR) is 133 cm³/mol. The second-order valence-corrected chi connectivity index (χ2v) is 9.80. The van der Waals surface area contributed by atoms with Crippen LogP contribution in [0.4, 0.5) is 0 Å². The molecule has 4 heteroatoms. The van der Waals surface area contributed by atoms with Gasteiger partial charge in [0.05, 0.1) is 11.3 Å². The van der Waals surface area contributed by atoms with Crippen molar-refractivity contribution in [2.75, 3.05) is 6.54 Å². The standard InChI is InChI=1S/C28H35N3O/c1-7-23-26-24(8-2)30(19(3)4)13-14-31(26)25(29-27(23)32)18-28(11-9-10-12-28)22-16-20(5)15-21(6)17-22/h7,15-17,19H,1-2,9-14,18H2,3-6H3. The quantitative estimate of drug-likeness (QED) is 0.597. The van der Waals surface area contributed by atoms with Crippen molar-refractivity contribution >= 4 is 11.8 Å². The molecule has 4 rings (SSSR count). The first-order valence-electron chi connectivity index (χ1n) is 11.8. The van der Waals surface area contributed by atoms with E-state index in [0.29, 0.717) is 11.6 Å². The van der Waals surface area contributed by atoms with E-state index >= 15 is 0 Å². The molecule has 0 spiro atoms. The van der Waals surface area contributed by atoms with Gasteiger partial charge in [-0.05, 0) is 46.1 Å². The van der Waals surface area contributed by atoms with Crippen molar-refractivity contribution in [1.82, 2.24) is 14.5 Å². The summed E-state index contributed by atoms with van der Waals surface area (Å²) in [6, 6.07) is 7.20. The van der Waals surface area contributed by atoms with Crippen LogP contribution in [-0.2, 0) is 18.4 Å². The third-order valence-corrected chi connectivity index (χ3v) is 7.26. The van der Waals surface area contributed by atoms with E-state index in [1.165, 1.54) is 29.5 Å². The smallest absolute Gasteiger partial charge is 0.280 e. The van der Waals surface area contributed by atoms with Crippen molar-refractivity contribution in [3.8, 4) is 0 Å². The van der Waals surface area contributed by atoms with Gasteiger partial charge in [-0.1, -0.05) is 61.4 Å². The van der Waals surface area contributed by atoms with Crippen molar-refractivity contribution < 1.29 is 0 Å². The summed E-state index contributed by atoms with van der Waals surface area (Å²) >= 11 is 0. The number of nitrogens with zero attached hydrogens (tertiary/aromatic N) is 3. The molecule has 1 aromatic heterocycles. The normalized spacial score (nSPS) is 17.4. The van der Waals surface area contributed by atoms with Gasteiger partial charge in [0, 0.05) is 31.0 Å². The molecule has 0 atom stereocenters. The Balaban J connectivity index is 1.89. The second kappa shape index (κ2) is 8.60. The Bertz CT molecular complexity index is 1140. The van der Waals surface area contributed by atoms with Crippen LogP contribution in [0.3, 0.4) is 0 Å². The largest absolute Gasteiger partial charge is 0.359 e. The van der Waals surface area contributed by atoms with Crippen molar-refractivity contribution in [2.45, 2.75) is 77.8 Å². The zero-order chi connectivity index (χ0) is 23.0. The average molecular weight is 430 g/mol.